The Balaban J connectivity index is 2.67. The molecule has 22 heavy (non-hydrogen) atoms. The number of aromatic hydroxyl groups is 1. The summed E-state index contributed by atoms with van der Waals surface area (Å²) in [5, 5.41) is 20.7. The fraction of sp³-hybridized carbons (Fsp3) is 0.133. The first-order valence-corrected chi connectivity index (χ1v) is 6.22. The maximum atomic E-state index is 12.7. The summed E-state index contributed by atoms with van der Waals surface area (Å²) in [4.78, 5) is 23.1. The number of nitro groups is 1. The zero-order chi connectivity index (χ0) is 16.3. The van der Waals surface area contributed by atoms with Crippen LogP contribution in [0.5, 0.6) is 17.2 Å². The Labute approximate surface area is 125 Å². The number of para-hydroxylation sites is 1. The number of methoxy groups -OCH3 is 2. The molecule has 2 rings (SSSR count). The number of benzene rings is 2. The zero-order valence-electron chi connectivity index (χ0n) is 11.9. The number of hydrogen-bond acceptors (Lipinski definition) is 6. The van der Waals surface area contributed by atoms with Crippen molar-refractivity contribution in [1.29, 1.82) is 0 Å². The Morgan fingerprint density at radius 3 is 2.18 bits per heavy atom. The minimum atomic E-state index is -0.632. The van der Waals surface area contributed by atoms with Crippen molar-refractivity contribution < 1.29 is 24.3 Å². The van der Waals surface area contributed by atoms with Crippen LogP contribution in [0.2, 0.25) is 0 Å². The molecule has 114 valence electrons. The predicted molar refractivity (Wildman–Crippen MR) is 77.7 cm³/mol. The number of ketones is 1. The van der Waals surface area contributed by atoms with Crippen LogP contribution in [0.4, 0.5) is 5.69 Å². The third-order valence-corrected chi connectivity index (χ3v) is 3.06. The molecule has 0 radical (unpaired) electrons. The molecular formula is C15H13NO6. The second-order valence-corrected chi connectivity index (χ2v) is 4.33. The van der Waals surface area contributed by atoms with Gasteiger partial charge in [0.05, 0.1) is 19.1 Å². The Kier molecular flexibility index (Phi) is 4.26. The molecule has 0 heterocycles. The molecule has 1 N–H and O–H groups in total. The number of nitro benzene ring substituents is 1. The van der Waals surface area contributed by atoms with E-state index in [1.807, 2.05) is 0 Å². The standard InChI is InChI=1S/C15H13NO6/c1-21-12-7-9(17)8-13(22-2)14(12)15(18)10-5-3-4-6-11(10)16(19)20/h3-8,17H,1-2H3. The van der Waals surface area contributed by atoms with Crippen LogP contribution < -0.4 is 9.47 Å². The summed E-state index contributed by atoms with van der Waals surface area (Å²) in [5.41, 5.74) is -0.392. The van der Waals surface area contributed by atoms with Crippen LogP contribution in [-0.4, -0.2) is 30.0 Å². The number of hydrogen-bond donors (Lipinski definition) is 1. The highest BCUT2D eigenvalue weighted by Gasteiger charge is 2.26. The number of carbonyl (C=O) groups excluding carboxylic acids is 1. The second kappa shape index (κ2) is 6.13. The van der Waals surface area contributed by atoms with Crippen molar-refractivity contribution in [3.05, 3.63) is 57.6 Å². The van der Waals surface area contributed by atoms with Gasteiger partial charge >= 0.3 is 0 Å². The van der Waals surface area contributed by atoms with Gasteiger partial charge < -0.3 is 14.6 Å². The smallest absolute Gasteiger partial charge is 0.280 e. The quantitative estimate of drug-likeness (QED) is 0.517. The molecule has 2 aromatic rings. The van der Waals surface area contributed by atoms with Gasteiger partial charge in [0.1, 0.15) is 28.4 Å². The van der Waals surface area contributed by atoms with Gasteiger partial charge in [0, 0.05) is 18.2 Å². The molecule has 0 aliphatic rings. The third kappa shape index (κ3) is 2.69. The van der Waals surface area contributed by atoms with Crippen molar-refractivity contribution in [1.82, 2.24) is 0 Å². The van der Waals surface area contributed by atoms with Gasteiger partial charge in [0.2, 0.25) is 5.78 Å². The summed E-state index contributed by atoms with van der Waals surface area (Å²) in [5.74, 6) is -0.631. The van der Waals surface area contributed by atoms with Crippen molar-refractivity contribution >= 4 is 11.5 Å². The highest BCUT2D eigenvalue weighted by Crippen LogP contribution is 2.36. The van der Waals surface area contributed by atoms with Gasteiger partial charge in [0.25, 0.3) is 5.69 Å². The maximum Gasteiger partial charge on any atom is 0.280 e. The van der Waals surface area contributed by atoms with Crippen molar-refractivity contribution in [2.75, 3.05) is 14.2 Å². The minimum absolute atomic E-state index is 0.0112. The molecule has 0 atom stereocenters. The summed E-state index contributed by atoms with van der Waals surface area (Å²) in [7, 11) is 2.65. The Hall–Kier alpha value is -3.09. The number of ether oxygens (including phenoxy) is 2. The molecule has 0 unspecified atom stereocenters. The average Bonchev–Trinajstić information content (AvgIpc) is 2.53. The maximum absolute atomic E-state index is 12.7. The number of phenols is 1. The fourth-order valence-electron chi connectivity index (χ4n) is 2.08. The van der Waals surface area contributed by atoms with Gasteiger partial charge in [0.15, 0.2) is 0 Å². The molecule has 0 saturated heterocycles. The first-order valence-electron chi connectivity index (χ1n) is 6.22. The monoisotopic (exact) mass is 303 g/mol. The van der Waals surface area contributed by atoms with E-state index in [1.54, 1.807) is 0 Å². The molecule has 7 heteroatoms. The summed E-state index contributed by atoms with van der Waals surface area (Å²) in [6, 6.07) is 8.08. The van der Waals surface area contributed by atoms with E-state index in [-0.39, 0.29) is 34.1 Å². The van der Waals surface area contributed by atoms with E-state index < -0.39 is 10.7 Å². The summed E-state index contributed by atoms with van der Waals surface area (Å²) in [6.45, 7) is 0. The lowest BCUT2D eigenvalue weighted by Gasteiger charge is -2.13. The van der Waals surface area contributed by atoms with E-state index in [9.17, 15) is 20.0 Å². The van der Waals surface area contributed by atoms with E-state index in [1.165, 1.54) is 50.6 Å². The van der Waals surface area contributed by atoms with Crippen LogP contribution in [0.15, 0.2) is 36.4 Å². The predicted octanol–water partition coefficient (Wildman–Crippen LogP) is 2.55. The molecule has 0 aliphatic heterocycles. The van der Waals surface area contributed by atoms with Crippen LogP contribution >= 0.6 is 0 Å². The Bertz CT molecular complexity index is 716. The third-order valence-electron chi connectivity index (χ3n) is 3.06. The zero-order valence-corrected chi connectivity index (χ0v) is 11.9. The molecular weight excluding hydrogens is 290 g/mol. The number of phenolic OH excluding ortho intramolecular Hbond substituents is 1. The summed E-state index contributed by atoms with van der Waals surface area (Å²) in [6.07, 6.45) is 0. The van der Waals surface area contributed by atoms with Gasteiger partial charge in [-0.1, -0.05) is 12.1 Å². The van der Waals surface area contributed by atoms with Crippen LogP contribution in [0.25, 0.3) is 0 Å². The molecule has 0 saturated carbocycles. The first kappa shape index (κ1) is 15.3. The number of carbonyl (C=O) groups is 1. The molecule has 0 bridgehead atoms. The SMILES string of the molecule is COc1cc(O)cc(OC)c1C(=O)c1ccccc1[N+](=O)[O-]. The highest BCUT2D eigenvalue weighted by molar-refractivity contribution is 6.14. The molecule has 7 nitrogen and oxygen atoms in total. The molecule has 0 aromatic heterocycles. The topological polar surface area (TPSA) is 98.9 Å². The van der Waals surface area contributed by atoms with E-state index >= 15 is 0 Å². The van der Waals surface area contributed by atoms with Crippen molar-refractivity contribution in [3.8, 4) is 17.2 Å². The number of rotatable bonds is 5. The summed E-state index contributed by atoms with van der Waals surface area (Å²) < 4.78 is 10.2. The number of nitrogens with zero attached hydrogens (tertiary/aromatic N) is 1. The Morgan fingerprint density at radius 2 is 1.68 bits per heavy atom. The summed E-state index contributed by atoms with van der Waals surface area (Å²) >= 11 is 0. The lowest BCUT2D eigenvalue weighted by Crippen LogP contribution is -2.09. The molecule has 0 spiro atoms. The van der Waals surface area contributed by atoms with Crippen LogP contribution in [0.1, 0.15) is 15.9 Å². The first-order chi connectivity index (χ1) is 10.5. The van der Waals surface area contributed by atoms with Crippen LogP contribution in [0.3, 0.4) is 0 Å². The lowest BCUT2D eigenvalue weighted by molar-refractivity contribution is -0.385. The van der Waals surface area contributed by atoms with Gasteiger partial charge in [-0.2, -0.15) is 0 Å². The van der Waals surface area contributed by atoms with Gasteiger partial charge in [-0.3, -0.25) is 14.9 Å². The van der Waals surface area contributed by atoms with E-state index in [2.05, 4.69) is 0 Å². The molecule has 0 aliphatic carbocycles. The van der Waals surface area contributed by atoms with Gasteiger partial charge in [-0.05, 0) is 6.07 Å². The van der Waals surface area contributed by atoms with Crippen molar-refractivity contribution in [3.63, 3.8) is 0 Å². The van der Waals surface area contributed by atoms with Crippen LogP contribution in [0, 0.1) is 10.1 Å². The largest absolute Gasteiger partial charge is 0.508 e. The fourth-order valence-corrected chi connectivity index (χ4v) is 2.08. The normalized spacial score (nSPS) is 10.1. The van der Waals surface area contributed by atoms with Crippen molar-refractivity contribution in [2.24, 2.45) is 0 Å². The Morgan fingerprint density at radius 1 is 1.14 bits per heavy atom. The van der Waals surface area contributed by atoms with Gasteiger partial charge in [-0.15, -0.1) is 0 Å². The van der Waals surface area contributed by atoms with Crippen LogP contribution in [-0.2, 0) is 0 Å². The minimum Gasteiger partial charge on any atom is -0.508 e. The van der Waals surface area contributed by atoms with E-state index in [0.29, 0.717) is 0 Å². The molecule has 2 aromatic carbocycles. The molecule has 0 amide bonds. The van der Waals surface area contributed by atoms with Gasteiger partial charge in [-0.25, -0.2) is 0 Å². The molecule has 0 fully saturated rings. The van der Waals surface area contributed by atoms with E-state index in [0.717, 1.165) is 0 Å². The highest BCUT2D eigenvalue weighted by atomic mass is 16.6. The second-order valence-electron chi connectivity index (χ2n) is 4.33. The average molecular weight is 303 g/mol. The lowest BCUT2D eigenvalue weighted by atomic mass is 9.99. The van der Waals surface area contributed by atoms with Crippen molar-refractivity contribution in [2.45, 2.75) is 0 Å². The van der Waals surface area contributed by atoms with E-state index in [4.69, 9.17) is 9.47 Å².